The number of carbonyl (C=O) groups is 1. The Labute approximate surface area is 139 Å². The van der Waals surface area contributed by atoms with Crippen molar-refractivity contribution >= 4 is 17.5 Å². The number of rotatable bonds is 7. The van der Waals surface area contributed by atoms with Crippen LogP contribution in [0.25, 0.3) is 0 Å². The molecule has 5 nitrogen and oxygen atoms in total. The summed E-state index contributed by atoms with van der Waals surface area (Å²) < 4.78 is 27.3. The van der Waals surface area contributed by atoms with E-state index in [0.29, 0.717) is 5.95 Å². The molecule has 0 fully saturated rings. The Morgan fingerprint density at radius 3 is 2.33 bits per heavy atom. The molecule has 0 saturated carbocycles. The van der Waals surface area contributed by atoms with Crippen molar-refractivity contribution in [1.82, 2.24) is 9.97 Å². The molecule has 1 N–H and O–H groups in total. The normalized spacial score (nSPS) is 10.5. The van der Waals surface area contributed by atoms with E-state index in [-0.39, 0.29) is 5.69 Å². The van der Waals surface area contributed by atoms with Gasteiger partial charge >= 0.3 is 0 Å². The van der Waals surface area contributed by atoms with E-state index in [4.69, 9.17) is 0 Å². The first-order chi connectivity index (χ1) is 11.6. The Kier molecular flexibility index (Phi) is 6.17. The van der Waals surface area contributed by atoms with Crippen molar-refractivity contribution in [1.29, 1.82) is 0 Å². The SMILES string of the molecule is CCCN(CCC)c1nccc(C(=O)Nc2c(F)cccc2F)n1. The second-order valence-electron chi connectivity index (χ2n) is 5.28. The first-order valence-corrected chi connectivity index (χ1v) is 7.90. The number of benzene rings is 1. The van der Waals surface area contributed by atoms with Gasteiger partial charge in [-0.1, -0.05) is 19.9 Å². The van der Waals surface area contributed by atoms with Crippen LogP contribution in [0.3, 0.4) is 0 Å². The molecule has 1 aromatic carbocycles. The second kappa shape index (κ2) is 8.33. The number of halogens is 2. The smallest absolute Gasteiger partial charge is 0.274 e. The third-order valence-electron chi connectivity index (χ3n) is 3.35. The van der Waals surface area contributed by atoms with Crippen molar-refractivity contribution in [2.24, 2.45) is 0 Å². The fraction of sp³-hybridized carbons (Fsp3) is 0.353. The highest BCUT2D eigenvalue weighted by atomic mass is 19.1. The van der Waals surface area contributed by atoms with Crippen molar-refractivity contribution in [3.63, 3.8) is 0 Å². The van der Waals surface area contributed by atoms with Gasteiger partial charge < -0.3 is 10.2 Å². The molecule has 2 aromatic rings. The summed E-state index contributed by atoms with van der Waals surface area (Å²) in [6.07, 6.45) is 3.30. The summed E-state index contributed by atoms with van der Waals surface area (Å²) in [5, 5.41) is 2.23. The maximum Gasteiger partial charge on any atom is 0.274 e. The zero-order chi connectivity index (χ0) is 17.5. The molecule has 0 bridgehead atoms. The van der Waals surface area contributed by atoms with E-state index in [2.05, 4.69) is 15.3 Å². The van der Waals surface area contributed by atoms with E-state index in [0.717, 1.165) is 38.1 Å². The molecule has 128 valence electrons. The zero-order valence-electron chi connectivity index (χ0n) is 13.7. The fourth-order valence-electron chi connectivity index (χ4n) is 2.27. The van der Waals surface area contributed by atoms with Gasteiger partial charge in [0.25, 0.3) is 5.91 Å². The minimum atomic E-state index is -0.837. The average Bonchev–Trinajstić information content (AvgIpc) is 2.58. The third kappa shape index (κ3) is 4.24. The summed E-state index contributed by atoms with van der Waals surface area (Å²) in [4.78, 5) is 22.6. The number of nitrogens with one attached hydrogen (secondary N) is 1. The van der Waals surface area contributed by atoms with Crippen LogP contribution in [0.1, 0.15) is 37.2 Å². The second-order valence-corrected chi connectivity index (χ2v) is 5.28. The Morgan fingerprint density at radius 2 is 1.75 bits per heavy atom. The number of para-hydroxylation sites is 1. The monoisotopic (exact) mass is 334 g/mol. The molecule has 0 aliphatic heterocycles. The van der Waals surface area contributed by atoms with Gasteiger partial charge in [-0.05, 0) is 31.0 Å². The minimum absolute atomic E-state index is 0.0554. The molecular formula is C17H20F2N4O. The van der Waals surface area contributed by atoms with Gasteiger partial charge in [-0.15, -0.1) is 0 Å². The molecule has 0 unspecified atom stereocenters. The molecule has 1 amide bonds. The van der Waals surface area contributed by atoms with E-state index >= 15 is 0 Å². The highest BCUT2D eigenvalue weighted by molar-refractivity contribution is 6.03. The Balaban J connectivity index is 2.22. The van der Waals surface area contributed by atoms with Crippen LogP contribution in [-0.4, -0.2) is 29.0 Å². The number of nitrogens with zero attached hydrogens (tertiary/aromatic N) is 3. The molecular weight excluding hydrogens is 314 g/mol. The van der Waals surface area contributed by atoms with Crippen LogP contribution in [0.5, 0.6) is 0 Å². The van der Waals surface area contributed by atoms with Crippen molar-refractivity contribution in [3.05, 3.63) is 47.8 Å². The maximum absolute atomic E-state index is 13.6. The predicted octanol–water partition coefficient (Wildman–Crippen LogP) is 3.63. The predicted molar refractivity (Wildman–Crippen MR) is 89.1 cm³/mol. The van der Waals surface area contributed by atoms with Gasteiger partial charge in [-0.2, -0.15) is 0 Å². The number of carbonyl (C=O) groups excluding carboxylic acids is 1. The van der Waals surface area contributed by atoms with Crippen molar-refractivity contribution in [2.75, 3.05) is 23.3 Å². The molecule has 0 radical (unpaired) electrons. The standard InChI is InChI=1S/C17H20F2N4O/c1-3-10-23(11-4-2)17-20-9-8-14(21-17)16(24)22-15-12(18)6-5-7-13(15)19/h5-9H,3-4,10-11H2,1-2H3,(H,22,24). The van der Waals surface area contributed by atoms with Crippen LogP contribution in [0.15, 0.2) is 30.5 Å². The van der Waals surface area contributed by atoms with E-state index in [1.807, 2.05) is 18.7 Å². The molecule has 1 heterocycles. The lowest BCUT2D eigenvalue weighted by atomic mass is 10.2. The summed E-state index contributed by atoms with van der Waals surface area (Å²) in [5.41, 5.74) is -0.429. The highest BCUT2D eigenvalue weighted by Gasteiger charge is 2.16. The zero-order valence-corrected chi connectivity index (χ0v) is 13.7. The lowest BCUT2D eigenvalue weighted by Gasteiger charge is -2.21. The molecule has 2 rings (SSSR count). The van der Waals surface area contributed by atoms with E-state index in [1.54, 1.807) is 0 Å². The summed E-state index contributed by atoms with van der Waals surface area (Å²) in [6, 6.07) is 4.80. The summed E-state index contributed by atoms with van der Waals surface area (Å²) >= 11 is 0. The molecule has 24 heavy (non-hydrogen) atoms. The number of hydrogen-bond donors (Lipinski definition) is 1. The minimum Gasteiger partial charge on any atom is -0.341 e. The quantitative estimate of drug-likeness (QED) is 0.840. The van der Waals surface area contributed by atoms with Crippen LogP contribution < -0.4 is 10.2 Å². The fourth-order valence-corrected chi connectivity index (χ4v) is 2.27. The van der Waals surface area contributed by atoms with E-state index < -0.39 is 23.2 Å². The maximum atomic E-state index is 13.6. The average molecular weight is 334 g/mol. The molecule has 0 aliphatic rings. The van der Waals surface area contributed by atoms with Gasteiger partial charge in [0.15, 0.2) is 0 Å². The molecule has 0 aliphatic carbocycles. The number of aromatic nitrogens is 2. The molecule has 1 aromatic heterocycles. The number of amides is 1. The lowest BCUT2D eigenvalue weighted by Crippen LogP contribution is -2.28. The van der Waals surface area contributed by atoms with Gasteiger partial charge in [0.2, 0.25) is 5.95 Å². The van der Waals surface area contributed by atoms with Crippen LogP contribution in [0.4, 0.5) is 20.4 Å². The van der Waals surface area contributed by atoms with Gasteiger partial charge in [0.05, 0.1) is 0 Å². The lowest BCUT2D eigenvalue weighted by molar-refractivity contribution is 0.102. The number of hydrogen-bond acceptors (Lipinski definition) is 4. The van der Waals surface area contributed by atoms with Crippen LogP contribution in [-0.2, 0) is 0 Å². The highest BCUT2D eigenvalue weighted by Crippen LogP contribution is 2.19. The third-order valence-corrected chi connectivity index (χ3v) is 3.35. The Bertz CT molecular complexity index is 682. The molecule has 7 heteroatoms. The van der Waals surface area contributed by atoms with Crippen LogP contribution in [0.2, 0.25) is 0 Å². The first-order valence-electron chi connectivity index (χ1n) is 7.90. The Hall–Kier alpha value is -2.57. The van der Waals surface area contributed by atoms with Crippen molar-refractivity contribution < 1.29 is 13.6 Å². The van der Waals surface area contributed by atoms with Crippen molar-refractivity contribution in [3.8, 4) is 0 Å². The van der Waals surface area contributed by atoms with E-state index in [1.165, 1.54) is 18.3 Å². The Morgan fingerprint density at radius 1 is 1.12 bits per heavy atom. The summed E-state index contributed by atoms with van der Waals surface area (Å²) in [7, 11) is 0. The largest absolute Gasteiger partial charge is 0.341 e. The number of anilines is 2. The molecule has 0 spiro atoms. The topological polar surface area (TPSA) is 58.1 Å². The van der Waals surface area contributed by atoms with Gasteiger partial charge in [-0.3, -0.25) is 4.79 Å². The summed E-state index contributed by atoms with van der Waals surface area (Å²) in [5.74, 6) is -1.93. The first kappa shape index (κ1) is 17.8. The van der Waals surface area contributed by atoms with Gasteiger partial charge in [-0.25, -0.2) is 18.7 Å². The van der Waals surface area contributed by atoms with Gasteiger partial charge in [0.1, 0.15) is 23.0 Å². The molecule has 0 atom stereocenters. The van der Waals surface area contributed by atoms with Crippen molar-refractivity contribution in [2.45, 2.75) is 26.7 Å². The van der Waals surface area contributed by atoms with Crippen LogP contribution in [0, 0.1) is 11.6 Å². The van der Waals surface area contributed by atoms with Crippen LogP contribution >= 0.6 is 0 Å². The van der Waals surface area contributed by atoms with Gasteiger partial charge in [0, 0.05) is 19.3 Å². The molecule has 0 saturated heterocycles. The summed E-state index contributed by atoms with van der Waals surface area (Å²) in [6.45, 7) is 5.61. The van der Waals surface area contributed by atoms with E-state index in [9.17, 15) is 13.6 Å².